The third kappa shape index (κ3) is 4.77. The minimum atomic E-state index is -0.559. The van der Waals surface area contributed by atoms with E-state index >= 15 is 0 Å². The number of rotatable bonds is 8. The highest BCUT2D eigenvalue weighted by atomic mass is 16.1. The summed E-state index contributed by atoms with van der Waals surface area (Å²) in [6.45, 7) is 6.47. The zero-order valence-corrected chi connectivity index (χ0v) is 12.9. The Hall–Kier alpha value is -0.610. The quantitative estimate of drug-likeness (QED) is 0.707. The number of primary amides is 1. The molecule has 0 radical (unpaired) electrons. The van der Waals surface area contributed by atoms with Crippen LogP contribution in [0.3, 0.4) is 0 Å². The number of likely N-dealkylation sites (tertiary alicyclic amines) is 1. The molecule has 112 valence electrons. The van der Waals surface area contributed by atoms with Crippen molar-refractivity contribution in [3.63, 3.8) is 0 Å². The van der Waals surface area contributed by atoms with E-state index in [0.717, 1.165) is 25.4 Å². The maximum atomic E-state index is 11.4. The van der Waals surface area contributed by atoms with Gasteiger partial charge in [-0.25, -0.2) is 0 Å². The van der Waals surface area contributed by atoms with Crippen molar-refractivity contribution >= 4 is 5.91 Å². The van der Waals surface area contributed by atoms with Crippen molar-refractivity contribution in [2.24, 2.45) is 5.73 Å². The van der Waals surface area contributed by atoms with Crippen molar-refractivity contribution in [1.29, 1.82) is 0 Å². The van der Waals surface area contributed by atoms with Gasteiger partial charge in [0.2, 0.25) is 5.91 Å². The molecule has 1 saturated heterocycles. The molecule has 0 spiro atoms. The van der Waals surface area contributed by atoms with Crippen molar-refractivity contribution in [3.05, 3.63) is 0 Å². The maximum Gasteiger partial charge on any atom is 0.237 e. The fraction of sp³-hybridized carbons (Fsp3) is 0.933. The number of hydrogen-bond donors (Lipinski definition) is 2. The second-order valence-electron chi connectivity index (χ2n) is 6.02. The first-order valence-corrected chi connectivity index (χ1v) is 7.76. The Labute approximate surface area is 118 Å². The van der Waals surface area contributed by atoms with Crippen molar-refractivity contribution in [3.8, 4) is 0 Å². The number of piperidine rings is 1. The summed E-state index contributed by atoms with van der Waals surface area (Å²) in [7, 11) is 1.81. The predicted molar refractivity (Wildman–Crippen MR) is 80.0 cm³/mol. The first kappa shape index (κ1) is 16.4. The highest BCUT2D eigenvalue weighted by Gasteiger charge is 2.29. The van der Waals surface area contributed by atoms with Crippen LogP contribution in [-0.4, -0.2) is 42.5 Å². The topological polar surface area (TPSA) is 58.4 Å². The van der Waals surface area contributed by atoms with E-state index in [1.807, 2.05) is 14.0 Å². The molecule has 4 nitrogen and oxygen atoms in total. The Bertz CT molecular complexity index is 281. The van der Waals surface area contributed by atoms with Crippen LogP contribution in [0, 0.1) is 0 Å². The number of amides is 1. The summed E-state index contributed by atoms with van der Waals surface area (Å²) in [6, 6.07) is 0.758. The summed E-state index contributed by atoms with van der Waals surface area (Å²) in [6.07, 6.45) is 8.44. The van der Waals surface area contributed by atoms with Crippen molar-refractivity contribution < 1.29 is 4.79 Å². The van der Waals surface area contributed by atoms with E-state index in [4.69, 9.17) is 5.73 Å². The van der Waals surface area contributed by atoms with E-state index in [1.54, 1.807) is 0 Å². The Morgan fingerprint density at radius 1 is 1.47 bits per heavy atom. The molecular weight excluding hydrogens is 238 g/mol. The average Bonchev–Trinajstić information content (AvgIpc) is 2.40. The molecule has 2 atom stereocenters. The molecule has 0 bridgehead atoms. The summed E-state index contributed by atoms with van der Waals surface area (Å²) in [5.74, 6) is -0.251. The molecule has 1 heterocycles. The molecule has 0 aromatic rings. The van der Waals surface area contributed by atoms with Gasteiger partial charge in [-0.3, -0.25) is 4.79 Å². The fourth-order valence-corrected chi connectivity index (χ4v) is 3.02. The predicted octanol–water partition coefficient (Wildman–Crippen LogP) is 1.88. The lowest BCUT2D eigenvalue weighted by atomic mass is 9.93. The van der Waals surface area contributed by atoms with Crippen LogP contribution in [0.1, 0.15) is 58.8 Å². The Kier molecular flexibility index (Phi) is 6.80. The molecule has 1 fully saturated rings. The van der Waals surface area contributed by atoms with Crippen molar-refractivity contribution in [2.75, 3.05) is 20.1 Å². The van der Waals surface area contributed by atoms with Gasteiger partial charge in [0.05, 0.1) is 5.54 Å². The molecule has 3 N–H and O–H groups in total. The molecule has 0 aromatic heterocycles. The second kappa shape index (κ2) is 7.85. The highest BCUT2D eigenvalue weighted by Crippen LogP contribution is 2.22. The number of nitrogens with one attached hydrogen (secondary N) is 1. The van der Waals surface area contributed by atoms with Crippen LogP contribution in [0.15, 0.2) is 0 Å². The average molecular weight is 269 g/mol. The van der Waals surface area contributed by atoms with Gasteiger partial charge in [0, 0.05) is 6.04 Å². The van der Waals surface area contributed by atoms with Crippen LogP contribution in [0.4, 0.5) is 0 Å². The lowest BCUT2D eigenvalue weighted by Crippen LogP contribution is -2.52. The second-order valence-corrected chi connectivity index (χ2v) is 6.02. The number of nitrogens with zero attached hydrogens (tertiary/aromatic N) is 1. The largest absolute Gasteiger partial charge is 0.368 e. The highest BCUT2D eigenvalue weighted by molar-refractivity contribution is 5.84. The van der Waals surface area contributed by atoms with Gasteiger partial charge in [-0.1, -0.05) is 19.8 Å². The van der Waals surface area contributed by atoms with Crippen LogP contribution in [0.5, 0.6) is 0 Å². The molecule has 1 aliphatic rings. The van der Waals surface area contributed by atoms with Crippen LogP contribution in [-0.2, 0) is 4.79 Å². The summed E-state index contributed by atoms with van der Waals surface area (Å²) < 4.78 is 0. The van der Waals surface area contributed by atoms with E-state index in [9.17, 15) is 4.79 Å². The monoisotopic (exact) mass is 269 g/mol. The summed E-state index contributed by atoms with van der Waals surface area (Å²) >= 11 is 0. The first-order chi connectivity index (χ1) is 9.03. The van der Waals surface area contributed by atoms with Gasteiger partial charge >= 0.3 is 0 Å². The van der Waals surface area contributed by atoms with Crippen LogP contribution >= 0.6 is 0 Å². The van der Waals surface area contributed by atoms with Gasteiger partial charge in [-0.05, 0) is 59.2 Å². The van der Waals surface area contributed by atoms with Gasteiger partial charge in [0.25, 0.3) is 0 Å². The molecule has 0 saturated carbocycles. The summed E-state index contributed by atoms with van der Waals surface area (Å²) in [4.78, 5) is 14.1. The van der Waals surface area contributed by atoms with Crippen LogP contribution < -0.4 is 11.1 Å². The number of likely N-dealkylation sites (N-methyl/N-ethyl adjacent to an activating group) is 1. The minimum absolute atomic E-state index is 0.251. The molecule has 1 amide bonds. The zero-order chi connectivity index (χ0) is 14.3. The number of carbonyl (C=O) groups excluding carboxylic acids is 1. The summed E-state index contributed by atoms with van der Waals surface area (Å²) in [5, 5.41) is 3.06. The maximum absolute atomic E-state index is 11.4. The van der Waals surface area contributed by atoms with Crippen molar-refractivity contribution in [1.82, 2.24) is 10.2 Å². The zero-order valence-electron chi connectivity index (χ0n) is 12.9. The lowest BCUT2D eigenvalue weighted by Gasteiger charge is -2.36. The van der Waals surface area contributed by atoms with Crippen LogP contribution in [0.2, 0.25) is 0 Å². The van der Waals surface area contributed by atoms with Crippen LogP contribution in [0.25, 0.3) is 0 Å². The fourth-order valence-electron chi connectivity index (χ4n) is 3.02. The van der Waals surface area contributed by atoms with Gasteiger partial charge in [0.15, 0.2) is 0 Å². The van der Waals surface area contributed by atoms with Crippen molar-refractivity contribution in [2.45, 2.75) is 70.4 Å². The molecule has 4 heteroatoms. The third-order valence-corrected chi connectivity index (χ3v) is 4.59. The third-order valence-electron chi connectivity index (χ3n) is 4.59. The van der Waals surface area contributed by atoms with Gasteiger partial charge in [-0.15, -0.1) is 0 Å². The molecule has 1 rings (SSSR count). The van der Waals surface area contributed by atoms with E-state index < -0.39 is 5.54 Å². The minimum Gasteiger partial charge on any atom is -0.368 e. The summed E-state index contributed by atoms with van der Waals surface area (Å²) in [5.41, 5.74) is 4.90. The lowest BCUT2D eigenvalue weighted by molar-refractivity contribution is -0.123. The molecule has 0 aromatic carbocycles. The Morgan fingerprint density at radius 2 is 2.21 bits per heavy atom. The number of hydrogen-bond acceptors (Lipinski definition) is 3. The van der Waals surface area contributed by atoms with Gasteiger partial charge < -0.3 is 16.0 Å². The number of carbonyl (C=O) groups is 1. The molecule has 1 aliphatic heterocycles. The molecule has 19 heavy (non-hydrogen) atoms. The van der Waals surface area contributed by atoms with Gasteiger partial charge in [0.1, 0.15) is 0 Å². The van der Waals surface area contributed by atoms with E-state index in [0.29, 0.717) is 0 Å². The SMILES string of the molecule is CCCC1CCCCN1CCCC(C)(NC)C(N)=O. The Balaban J connectivity index is 2.39. The number of nitrogens with two attached hydrogens (primary N) is 1. The van der Waals surface area contributed by atoms with E-state index in [-0.39, 0.29) is 5.91 Å². The van der Waals surface area contributed by atoms with Gasteiger partial charge in [-0.2, -0.15) is 0 Å². The normalized spacial score (nSPS) is 24.1. The van der Waals surface area contributed by atoms with E-state index in [2.05, 4.69) is 17.1 Å². The smallest absolute Gasteiger partial charge is 0.237 e. The van der Waals surface area contributed by atoms with E-state index in [1.165, 1.54) is 38.6 Å². The molecule has 0 aliphatic carbocycles. The molecule has 2 unspecified atom stereocenters. The molecular formula is C15H31N3O. The Morgan fingerprint density at radius 3 is 2.79 bits per heavy atom. The standard InChI is InChI=1S/C15H31N3O/c1-4-8-13-9-5-6-11-18(13)12-7-10-15(2,17-3)14(16)19/h13,17H,4-12H2,1-3H3,(H2,16,19). The first-order valence-electron chi connectivity index (χ1n) is 7.76.